The molecule has 1 aliphatic heterocycles. The fourth-order valence-electron chi connectivity index (χ4n) is 2.99. The number of hydrogen-bond donors (Lipinski definition) is 2. The van der Waals surface area contributed by atoms with Crippen molar-refractivity contribution in [1.82, 2.24) is 10.3 Å². The van der Waals surface area contributed by atoms with E-state index in [1.165, 1.54) is 0 Å². The molecule has 2 aliphatic rings. The molecule has 24 heavy (non-hydrogen) atoms. The first-order valence-corrected chi connectivity index (χ1v) is 7.88. The summed E-state index contributed by atoms with van der Waals surface area (Å²) in [6.07, 6.45) is 3.77. The molecule has 1 aromatic heterocycles. The largest absolute Gasteiger partial charge is 0.412 e. The number of pyridine rings is 1. The number of nitrogens with one attached hydrogen (secondary N) is 2. The predicted octanol–water partition coefficient (Wildman–Crippen LogP) is 2.70. The van der Waals surface area contributed by atoms with E-state index in [4.69, 9.17) is 11.6 Å². The van der Waals surface area contributed by atoms with Crippen LogP contribution in [0.3, 0.4) is 0 Å². The van der Waals surface area contributed by atoms with Gasteiger partial charge in [-0.05, 0) is 55.0 Å². The van der Waals surface area contributed by atoms with Gasteiger partial charge in [0.25, 0.3) is 0 Å². The zero-order valence-corrected chi connectivity index (χ0v) is 13.5. The molecule has 4 N–H and O–H groups in total. The summed E-state index contributed by atoms with van der Waals surface area (Å²) in [4.78, 5) is 16.4. The number of urea groups is 1. The second-order valence-corrected chi connectivity index (χ2v) is 6.25. The van der Waals surface area contributed by atoms with Crippen LogP contribution in [0.1, 0.15) is 24.1 Å². The number of carbonyl (C=O) groups is 1. The number of benzene rings is 1. The first-order valence-electron chi connectivity index (χ1n) is 7.51. The molecule has 0 bridgehead atoms. The molecule has 5 nitrogen and oxygen atoms in total. The third-order valence-electron chi connectivity index (χ3n) is 4.21. The quantitative estimate of drug-likeness (QED) is 0.781. The molecule has 0 radical (unpaired) electrons. The summed E-state index contributed by atoms with van der Waals surface area (Å²) < 4.78 is 0. The lowest BCUT2D eigenvalue weighted by Gasteiger charge is -2.36. The summed E-state index contributed by atoms with van der Waals surface area (Å²) in [5.74, 6) is 6.69. The molecule has 1 atom stereocenters. The normalized spacial score (nSPS) is 21.3. The van der Waals surface area contributed by atoms with Crippen LogP contribution in [0.5, 0.6) is 0 Å². The van der Waals surface area contributed by atoms with Gasteiger partial charge in [-0.1, -0.05) is 23.6 Å². The van der Waals surface area contributed by atoms with E-state index in [0.717, 1.165) is 24.1 Å². The van der Waals surface area contributed by atoms with Crippen molar-refractivity contribution in [2.45, 2.75) is 18.4 Å². The Morgan fingerprint density at radius 2 is 2.08 bits per heavy atom. The van der Waals surface area contributed by atoms with Gasteiger partial charge in [-0.25, -0.2) is 9.78 Å². The molecule has 6 heteroatoms. The van der Waals surface area contributed by atoms with Gasteiger partial charge in [-0.3, -0.25) is 0 Å². The Bertz CT molecular complexity index is 840. The van der Waals surface area contributed by atoms with Gasteiger partial charge in [0.15, 0.2) is 0 Å². The van der Waals surface area contributed by atoms with E-state index in [1.807, 2.05) is 30.3 Å². The molecule has 0 spiro atoms. The van der Waals surface area contributed by atoms with Crippen molar-refractivity contribution in [3.05, 3.63) is 58.9 Å². The van der Waals surface area contributed by atoms with Crippen LogP contribution in [0.25, 0.3) is 0 Å². The lowest BCUT2D eigenvalue weighted by Crippen LogP contribution is -2.52. The molecule has 1 aliphatic carbocycles. The highest BCUT2D eigenvalue weighted by Crippen LogP contribution is 2.49. The third kappa shape index (κ3) is 2.82. The van der Waals surface area contributed by atoms with Crippen LogP contribution < -0.4 is 10.6 Å². The Balaban J connectivity index is 0.00000169. The van der Waals surface area contributed by atoms with E-state index in [0.29, 0.717) is 16.6 Å². The molecule has 1 fully saturated rings. The predicted molar refractivity (Wildman–Crippen MR) is 92.7 cm³/mol. The second-order valence-electron chi connectivity index (χ2n) is 5.82. The third-order valence-corrected chi connectivity index (χ3v) is 4.44. The molecule has 1 saturated carbocycles. The number of anilines is 1. The van der Waals surface area contributed by atoms with Gasteiger partial charge in [0, 0.05) is 22.5 Å². The molecule has 1 aromatic carbocycles. The second kappa shape index (κ2) is 6.16. The smallest absolute Gasteiger partial charge is 0.320 e. The highest BCUT2D eigenvalue weighted by Gasteiger charge is 2.50. The van der Waals surface area contributed by atoms with E-state index in [2.05, 4.69) is 27.5 Å². The number of carbonyl (C=O) groups excluding carboxylic acids is 1. The lowest BCUT2D eigenvalue weighted by atomic mass is 9.83. The van der Waals surface area contributed by atoms with Crippen molar-refractivity contribution < 1.29 is 10.3 Å². The zero-order chi connectivity index (χ0) is 15.9. The Morgan fingerprint density at radius 1 is 1.25 bits per heavy atom. The maximum Gasteiger partial charge on any atom is 0.320 e. The number of aromatic nitrogens is 1. The number of nitrogens with zero attached hydrogens (tertiary/aromatic N) is 1. The van der Waals surface area contributed by atoms with Crippen LogP contribution in [0.15, 0.2) is 42.6 Å². The van der Waals surface area contributed by atoms with Crippen LogP contribution >= 0.6 is 11.6 Å². The number of fused-ring (bicyclic) bond motifs is 1. The van der Waals surface area contributed by atoms with Gasteiger partial charge >= 0.3 is 6.03 Å². The average molecular weight is 342 g/mol. The van der Waals surface area contributed by atoms with Gasteiger partial charge in [0.05, 0.1) is 0 Å². The number of rotatable bonds is 1. The minimum Gasteiger partial charge on any atom is -0.412 e. The summed E-state index contributed by atoms with van der Waals surface area (Å²) in [5.41, 5.74) is 1.67. The van der Waals surface area contributed by atoms with Crippen LogP contribution in [-0.2, 0) is 5.54 Å². The first-order chi connectivity index (χ1) is 11.2. The Morgan fingerprint density at radius 3 is 2.79 bits per heavy atom. The molecule has 2 amide bonds. The maximum atomic E-state index is 12.1. The molecule has 0 saturated heterocycles. The Labute approximate surface area is 144 Å². The van der Waals surface area contributed by atoms with Crippen LogP contribution in [0, 0.1) is 17.8 Å². The standard InChI is InChI=1S/C18H14ClN3O.H2O/c19-13-6-7-16-15(11-13)18(12-4-5-12,22-17(23)21-16)9-8-14-3-1-2-10-20-14;/h1-3,6-7,10-12H,4-5H2,(H2,21,22,23);1H2. The van der Waals surface area contributed by atoms with E-state index >= 15 is 0 Å². The van der Waals surface area contributed by atoms with Crippen molar-refractivity contribution in [3.8, 4) is 11.8 Å². The van der Waals surface area contributed by atoms with Crippen molar-refractivity contribution in [1.29, 1.82) is 0 Å². The van der Waals surface area contributed by atoms with Crippen LogP contribution in [-0.4, -0.2) is 16.5 Å². The summed E-state index contributed by atoms with van der Waals surface area (Å²) in [6, 6.07) is 10.9. The maximum absolute atomic E-state index is 12.1. The van der Waals surface area contributed by atoms with Crippen molar-refractivity contribution >= 4 is 23.3 Å². The number of hydrogen-bond acceptors (Lipinski definition) is 2. The molecule has 1 unspecified atom stereocenters. The molecule has 122 valence electrons. The fourth-order valence-corrected chi connectivity index (χ4v) is 3.16. The molecular formula is C18H16ClN3O2. The van der Waals surface area contributed by atoms with Crippen molar-refractivity contribution in [2.75, 3.05) is 5.32 Å². The zero-order valence-electron chi connectivity index (χ0n) is 12.8. The summed E-state index contributed by atoms with van der Waals surface area (Å²) in [5, 5.41) is 6.50. The number of halogens is 1. The SMILES string of the molecule is O.O=C1Nc2ccc(Cl)cc2C(C#Cc2ccccn2)(C2CC2)N1. The summed E-state index contributed by atoms with van der Waals surface area (Å²) in [6.45, 7) is 0. The van der Waals surface area contributed by atoms with Gasteiger partial charge in [0.1, 0.15) is 11.2 Å². The Hall–Kier alpha value is -2.55. The molecule has 2 aromatic rings. The van der Waals surface area contributed by atoms with Gasteiger partial charge in [-0.15, -0.1) is 0 Å². The van der Waals surface area contributed by atoms with Gasteiger partial charge < -0.3 is 16.1 Å². The summed E-state index contributed by atoms with van der Waals surface area (Å²) >= 11 is 6.18. The summed E-state index contributed by atoms with van der Waals surface area (Å²) in [7, 11) is 0. The molecule has 4 rings (SSSR count). The topological polar surface area (TPSA) is 85.5 Å². The van der Waals surface area contributed by atoms with Gasteiger partial charge in [-0.2, -0.15) is 0 Å². The highest BCUT2D eigenvalue weighted by molar-refractivity contribution is 6.30. The highest BCUT2D eigenvalue weighted by atomic mass is 35.5. The Kier molecular flexibility index (Phi) is 4.18. The fraction of sp³-hybridized carbons (Fsp3) is 0.222. The minimum atomic E-state index is -0.708. The molecule has 2 heterocycles. The van der Waals surface area contributed by atoms with Crippen molar-refractivity contribution in [3.63, 3.8) is 0 Å². The first kappa shape index (κ1) is 16.3. The van der Waals surface area contributed by atoms with Crippen molar-refractivity contribution in [2.24, 2.45) is 5.92 Å². The average Bonchev–Trinajstić information content (AvgIpc) is 3.39. The van der Waals surface area contributed by atoms with Gasteiger partial charge in [0.2, 0.25) is 0 Å². The van der Waals surface area contributed by atoms with Crippen LogP contribution in [0.4, 0.5) is 10.5 Å². The van der Waals surface area contributed by atoms with E-state index in [-0.39, 0.29) is 11.5 Å². The van der Waals surface area contributed by atoms with E-state index < -0.39 is 5.54 Å². The monoisotopic (exact) mass is 341 g/mol. The lowest BCUT2D eigenvalue weighted by molar-refractivity contribution is 0.238. The van der Waals surface area contributed by atoms with E-state index in [9.17, 15) is 4.79 Å². The minimum absolute atomic E-state index is 0. The van der Waals surface area contributed by atoms with E-state index in [1.54, 1.807) is 12.3 Å². The molecular weight excluding hydrogens is 326 g/mol. The number of amides is 2. The van der Waals surface area contributed by atoms with Crippen LogP contribution in [0.2, 0.25) is 5.02 Å².